The van der Waals surface area contributed by atoms with E-state index in [1.54, 1.807) is 6.92 Å². The summed E-state index contributed by atoms with van der Waals surface area (Å²) in [5.41, 5.74) is 1.60. The molecule has 1 atom stereocenters. The number of hydrogen-bond donors (Lipinski definition) is 1. The van der Waals surface area contributed by atoms with Crippen LogP contribution in [-0.2, 0) is 11.8 Å². The van der Waals surface area contributed by atoms with Gasteiger partial charge in [0.05, 0.1) is 16.6 Å². The quantitative estimate of drug-likeness (QED) is 0.873. The third-order valence-corrected chi connectivity index (χ3v) is 3.27. The van der Waals surface area contributed by atoms with Crippen LogP contribution in [0, 0.1) is 0 Å². The lowest BCUT2D eigenvalue weighted by atomic mass is 10.1. The van der Waals surface area contributed by atoms with E-state index in [0.29, 0.717) is 10.7 Å². The van der Waals surface area contributed by atoms with Crippen molar-refractivity contribution in [3.63, 3.8) is 0 Å². The minimum absolute atomic E-state index is 0.535. The first-order valence-electron chi connectivity index (χ1n) is 4.99. The van der Waals surface area contributed by atoms with Crippen molar-refractivity contribution in [2.45, 2.75) is 12.8 Å². The van der Waals surface area contributed by atoms with Crippen molar-refractivity contribution in [1.29, 1.82) is 0 Å². The summed E-state index contributed by atoms with van der Waals surface area (Å²) >= 11 is 6.22. The van der Waals surface area contributed by atoms with Gasteiger partial charge in [0, 0.05) is 18.0 Å². The van der Waals surface area contributed by atoms with E-state index in [9.17, 15) is 4.79 Å². The van der Waals surface area contributed by atoms with Crippen LogP contribution < -0.4 is 0 Å². The third-order valence-electron chi connectivity index (χ3n) is 2.87. The van der Waals surface area contributed by atoms with Crippen LogP contribution in [0.4, 0.5) is 0 Å². The van der Waals surface area contributed by atoms with Crippen LogP contribution in [0.25, 0.3) is 10.9 Å². The number of aliphatic carboxylic acids is 1. The number of benzene rings is 1. The van der Waals surface area contributed by atoms with Crippen molar-refractivity contribution < 1.29 is 9.90 Å². The Morgan fingerprint density at radius 2 is 2.06 bits per heavy atom. The minimum atomic E-state index is -0.868. The first-order valence-corrected chi connectivity index (χ1v) is 5.37. The normalized spacial score (nSPS) is 12.9. The summed E-state index contributed by atoms with van der Waals surface area (Å²) in [6.45, 7) is 1.64. The number of rotatable bonds is 2. The van der Waals surface area contributed by atoms with Gasteiger partial charge in [0.15, 0.2) is 0 Å². The fraction of sp³-hybridized carbons (Fsp3) is 0.250. The summed E-state index contributed by atoms with van der Waals surface area (Å²) in [5, 5.41) is 10.5. The average Bonchev–Trinajstić information content (AvgIpc) is 2.52. The maximum Gasteiger partial charge on any atom is 0.312 e. The molecule has 1 aromatic carbocycles. The number of carboxylic acid groups (broad SMARTS) is 1. The van der Waals surface area contributed by atoms with Crippen molar-refractivity contribution in [1.82, 2.24) is 4.57 Å². The van der Waals surface area contributed by atoms with E-state index >= 15 is 0 Å². The van der Waals surface area contributed by atoms with E-state index in [-0.39, 0.29) is 0 Å². The number of nitrogens with zero attached hydrogens (tertiary/aromatic N) is 1. The highest BCUT2D eigenvalue weighted by atomic mass is 35.5. The number of carbonyl (C=O) groups is 1. The Morgan fingerprint density at radius 1 is 1.44 bits per heavy atom. The maximum atomic E-state index is 11.0. The summed E-state index contributed by atoms with van der Waals surface area (Å²) < 4.78 is 1.84. The van der Waals surface area contributed by atoms with E-state index in [2.05, 4.69) is 0 Å². The highest BCUT2D eigenvalue weighted by Crippen LogP contribution is 2.34. The zero-order chi connectivity index (χ0) is 11.9. The molecule has 3 nitrogen and oxygen atoms in total. The van der Waals surface area contributed by atoms with Crippen molar-refractivity contribution in [2.24, 2.45) is 7.05 Å². The van der Waals surface area contributed by atoms with Crippen LogP contribution in [0.3, 0.4) is 0 Å². The van der Waals surface area contributed by atoms with Crippen LogP contribution in [-0.4, -0.2) is 15.6 Å². The topological polar surface area (TPSA) is 42.2 Å². The highest BCUT2D eigenvalue weighted by Gasteiger charge is 2.23. The number of aryl methyl sites for hydroxylation is 1. The summed E-state index contributed by atoms with van der Waals surface area (Å²) in [7, 11) is 1.84. The van der Waals surface area contributed by atoms with E-state index in [1.807, 2.05) is 35.9 Å². The molecule has 1 heterocycles. The zero-order valence-electron chi connectivity index (χ0n) is 9.07. The van der Waals surface area contributed by atoms with Gasteiger partial charge in [-0.3, -0.25) is 4.79 Å². The number of fused-ring (bicyclic) bond motifs is 1. The fourth-order valence-electron chi connectivity index (χ4n) is 1.96. The molecule has 2 rings (SSSR count). The fourth-order valence-corrected chi connectivity index (χ4v) is 2.41. The molecule has 2 aromatic rings. The summed E-state index contributed by atoms with van der Waals surface area (Å²) in [6, 6.07) is 7.63. The molecule has 0 radical (unpaired) electrons. The molecule has 0 aliphatic rings. The molecule has 0 fully saturated rings. The maximum absolute atomic E-state index is 11.0. The molecule has 16 heavy (non-hydrogen) atoms. The Hall–Kier alpha value is -1.48. The van der Waals surface area contributed by atoms with Crippen LogP contribution in [0.1, 0.15) is 18.5 Å². The molecule has 1 N–H and O–H groups in total. The van der Waals surface area contributed by atoms with Crippen LogP contribution in [0.15, 0.2) is 24.3 Å². The van der Waals surface area contributed by atoms with Crippen LogP contribution in [0.5, 0.6) is 0 Å². The molecule has 84 valence electrons. The van der Waals surface area contributed by atoms with Crippen molar-refractivity contribution in [3.8, 4) is 0 Å². The highest BCUT2D eigenvalue weighted by molar-refractivity contribution is 6.36. The van der Waals surface area contributed by atoms with Gasteiger partial charge >= 0.3 is 5.97 Å². The lowest BCUT2D eigenvalue weighted by Crippen LogP contribution is -2.11. The Kier molecular flexibility index (Phi) is 2.64. The number of aromatic nitrogens is 1. The third kappa shape index (κ3) is 1.48. The molecule has 1 unspecified atom stereocenters. The molecule has 0 bridgehead atoms. The monoisotopic (exact) mass is 237 g/mol. The molecule has 0 saturated heterocycles. The molecular formula is C12H12ClNO2. The van der Waals surface area contributed by atoms with Crippen LogP contribution >= 0.6 is 11.6 Å². The van der Waals surface area contributed by atoms with Crippen molar-refractivity contribution >= 4 is 28.5 Å². The van der Waals surface area contributed by atoms with E-state index in [4.69, 9.17) is 16.7 Å². The van der Waals surface area contributed by atoms with Gasteiger partial charge in [0.2, 0.25) is 0 Å². The molecule has 1 aromatic heterocycles. The molecular weight excluding hydrogens is 226 g/mol. The predicted octanol–water partition coefficient (Wildman–Crippen LogP) is 3.02. The number of carboxylic acids is 1. The molecule has 0 saturated carbocycles. The Balaban J connectivity index is 2.75. The first-order chi connectivity index (χ1) is 7.54. The van der Waals surface area contributed by atoms with Gasteiger partial charge in [-0.05, 0) is 13.0 Å². The van der Waals surface area contributed by atoms with Gasteiger partial charge in [0.25, 0.3) is 0 Å². The van der Waals surface area contributed by atoms with E-state index in [1.165, 1.54) is 0 Å². The smallest absolute Gasteiger partial charge is 0.312 e. The molecule has 0 aliphatic carbocycles. The second kappa shape index (κ2) is 3.83. The van der Waals surface area contributed by atoms with E-state index in [0.717, 1.165) is 10.9 Å². The lowest BCUT2D eigenvalue weighted by Gasteiger charge is -2.08. The second-order valence-corrected chi connectivity index (χ2v) is 4.21. The zero-order valence-corrected chi connectivity index (χ0v) is 9.82. The Bertz CT molecular complexity index is 520. The predicted molar refractivity (Wildman–Crippen MR) is 64.0 cm³/mol. The number of hydrogen-bond acceptors (Lipinski definition) is 1. The average molecular weight is 238 g/mol. The molecule has 0 amide bonds. The lowest BCUT2D eigenvalue weighted by molar-refractivity contribution is -0.138. The van der Waals surface area contributed by atoms with Crippen molar-refractivity contribution in [3.05, 3.63) is 35.0 Å². The number of halogens is 1. The SMILES string of the molecule is CC(C(=O)O)c1c(Cl)c2ccccc2n1C. The van der Waals surface area contributed by atoms with Gasteiger partial charge in [0.1, 0.15) is 0 Å². The van der Waals surface area contributed by atoms with Crippen molar-refractivity contribution in [2.75, 3.05) is 0 Å². The largest absolute Gasteiger partial charge is 0.481 e. The second-order valence-electron chi connectivity index (χ2n) is 3.84. The summed E-state index contributed by atoms with van der Waals surface area (Å²) in [5.74, 6) is -1.47. The number of para-hydroxylation sites is 1. The minimum Gasteiger partial charge on any atom is -0.481 e. The summed E-state index contributed by atoms with van der Waals surface area (Å²) in [4.78, 5) is 11.0. The van der Waals surface area contributed by atoms with Gasteiger partial charge in [-0.1, -0.05) is 29.8 Å². The van der Waals surface area contributed by atoms with Gasteiger partial charge in [-0.15, -0.1) is 0 Å². The summed E-state index contributed by atoms with van der Waals surface area (Å²) in [6.07, 6.45) is 0. The molecule has 0 aliphatic heterocycles. The van der Waals surface area contributed by atoms with Gasteiger partial charge < -0.3 is 9.67 Å². The molecule has 4 heteroatoms. The standard InChI is InChI=1S/C12H12ClNO2/c1-7(12(15)16)11-10(13)8-5-3-4-6-9(8)14(11)2/h3-7H,1-2H3,(H,15,16). The van der Waals surface area contributed by atoms with Gasteiger partial charge in [-0.25, -0.2) is 0 Å². The van der Waals surface area contributed by atoms with E-state index < -0.39 is 11.9 Å². The Labute approximate surface area is 98.3 Å². The van der Waals surface area contributed by atoms with Gasteiger partial charge in [-0.2, -0.15) is 0 Å². The Morgan fingerprint density at radius 3 is 2.62 bits per heavy atom. The van der Waals surface area contributed by atoms with Crippen LogP contribution in [0.2, 0.25) is 5.02 Å². The molecule has 0 spiro atoms. The first kappa shape index (κ1) is 11.0.